The predicted molar refractivity (Wildman–Crippen MR) is 65.5 cm³/mol. The Hall–Kier alpha value is -0.690. The van der Waals surface area contributed by atoms with Gasteiger partial charge in [-0.05, 0) is 31.5 Å². The zero-order chi connectivity index (χ0) is 12.3. The first-order valence-corrected chi connectivity index (χ1v) is 7.29. The number of pyridine rings is 1. The van der Waals surface area contributed by atoms with E-state index >= 15 is 0 Å². The van der Waals surface area contributed by atoms with Crippen LogP contribution < -0.4 is 10.0 Å². The number of nitrogens with zero attached hydrogens (tertiary/aromatic N) is 1. The molecule has 7 heteroatoms. The van der Waals surface area contributed by atoms with Crippen LogP contribution in [0.5, 0.6) is 0 Å². The minimum Gasteiger partial charge on any atom is -0.313 e. The molecule has 0 amide bonds. The molecular formula is C10H14ClN3O2S. The predicted octanol–water partition coefficient (Wildman–Crippen LogP) is 0.765. The molecule has 1 aliphatic heterocycles. The number of aromatic nitrogens is 1. The fourth-order valence-corrected chi connectivity index (χ4v) is 3.29. The summed E-state index contributed by atoms with van der Waals surface area (Å²) in [6.07, 6.45) is 3.48. The molecule has 2 rings (SSSR count). The molecule has 1 aromatic heterocycles. The van der Waals surface area contributed by atoms with Crippen LogP contribution in [0.25, 0.3) is 0 Å². The summed E-state index contributed by atoms with van der Waals surface area (Å²) in [6, 6.07) is 3.31. The molecule has 1 atom stereocenters. The quantitative estimate of drug-likeness (QED) is 0.851. The lowest BCUT2D eigenvalue weighted by Gasteiger charge is -2.11. The van der Waals surface area contributed by atoms with E-state index in [2.05, 4.69) is 15.0 Å². The largest absolute Gasteiger partial charge is 0.313 e. The van der Waals surface area contributed by atoms with Crippen LogP contribution in [0, 0.1) is 0 Å². The third-order valence-corrected chi connectivity index (χ3v) is 4.46. The van der Waals surface area contributed by atoms with Crippen LogP contribution in [0.1, 0.15) is 12.8 Å². The summed E-state index contributed by atoms with van der Waals surface area (Å²) in [7, 11) is -3.61. The average molecular weight is 276 g/mol. The van der Waals surface area contributed by atoms with Gasteiger partial charge in [0.2, 0.25) is 0 Å². The number of hydrogen-bond acceptors (Lipinski definition) is 4. The van der Waals surface area contributed by atoms with Gasteiger partial charge in [-0.2, -0.15) is 0 Å². The number of nitrogens with one attached hydrogen (secondary N) is 2. The molecule has 1 aromatic rings. The first-order chi connectivity index (χ1) is 8.09. The molecule has 0 saturated carbocycles. The van der Waals surface area contributed by atoms with E-state index in [-0.39, 0.29) is 16.1 Å². The maximum absolute atomic E-state index is 11.9. The Morgan fingerprint density at radius 2 is 2.41 bits per heavy atom. The van der Waals surface area contributed by atoms with Crippen LogP contribution in [-0.4, -0.2) is 32.5 Å². The average Bonchev–Trinajstić information content (AvgIpc) is 2.80. The third-order valence-electron chi connectivity index (χ3n) is 2.66. The Morgan fingerprint density at radius 3 is 3.06 bits per heavy atom. The molecule has 1 saturated heterocycles. The van der Waals surface area contributed by atoms with Crippen molar-refractivity contribution >= 4 is 21.6 Å². The SMILES string of the molecule is O=S(=O)(NC[C@H]1CCCN1)c1ncccc1Cl. The van der Waals surface area contributed by atoms with E-state index < -0.39 is 10.0 Å². The highest BCUT2D eigenvalue weighted by molar-refractivity contribution is 7.89. The normalized spacial score (nSPS) is 20.6. The summed E-state index contributed by atoms with van der Waals surface area (Å²) >= 11 is 5.81. The van der Waals surface area contributed by atoms with Crippen molar-refractivity contribution in [2.24, 2.45) is 0 Å². The Bertz CT molecular complexity index is 486. The van der Waals surface area contributed by atoms with Crippen LogP contribution in [0.3, 0.4) is 0 Å². The van der Waals surface area contributed by atoms with Crippen molar-refractivity contribution in [2.45, 2.75) is 23.9 Å². The van der Waals surface area contributed by atoms with Crippen LogP contribution >= 0.6 is 11.6 Å². The van der Waals surface area contributed by atoms with Gasteiger partial charge in [-0.25, -0.2) is 18.1 Å². The highest BCUT2D eigenvalue weighted by atomic mass is 35.5. The summed E-state index contributed by atoms with van der Waals surface area (Å²) < 4.78 is 26.4. The van der Waals surface area contributed by atoms with Gasteiger partial charge in [0.25, 0.3) is 10.0 Å². The minimum atomic E-state index is -3.61. The van der Waals surface area contributed by atoms with E-state index in [1.54, 1.807) is 6.07 Å². The van der Waals surface area contributed by atoms with Crippen LogP contribution in [0.15, 0.2) is 23.4 Å². The number of hydrogen-bond donors (Lipinski definition) is 2. The van der Waals surface area contributed by atoms with Gasteiger partial charge in [-0.15, -0.1) is 0 Å². The maximum Gasteiger partial charge on any atom is 0.259 e. The lowest BCUT2D eigenvalue weighted by Crippen LogP contribution is -2.37. The Morgan fingerprint density at radius 1 is 1.59 bits per heavy atom. The Labute approximate surface area is 106 Å². The molecular weight excluding hydrogens is 262 g/mol. The van der Waals surface area contributed by atoms with Crippen molar-refractivity contribution in [3.63, 3.8) is 0 Å². The topological polar surface area (TPSA) is 71.1 Å². The smallest absolute Gasteiger partial charge is 0.259 e. The van der Waals surface area contributed by atoms with Gasteiger partial charge in [0.15, 0.2) is 5.03 Å². The second-order valence-electron chi connectivity index (χ2n) is 3.94. The van der Waals surface area contributed by atoms with Crippen molar-refractivity contribution in [3.8, 4) is 0 Å². The molecule has 0 spiro atoms. The lowest BCUT2D eigenvalue weighted by molar-refractivity contribution is 0.549. The monoisotopic (exact) mass is 275 g/mol. The minimum absolute atomic E-state index is 0.111. The van der Waals surface area contributed by atoms with Gasteiger partial charge < -0.3 is 5.32 Å². The van der Waals surface area contributed by atoms with Crippen molar-refractivity contribution in [2.75, 3.05) is 13.1 Å². The first kappa shape index (κ1) is 12.8. The molecule has 0 aromatic carbocycles. The molecule has 0 aliphatic carbocycles. The van der Waals surface area contributed by atoms with Gasteiger partial charge in [-0.1, -0.05) is 11.6 Å². The fourth-order valence-electron chi connectivity index (χ4n) is 1.78. The lowest BCUT2D eigenvalue weighted by atomic mass is 10.2. The molecule has 2 heterocycles. The van der Waals surface area contributed by atoms with Crippen molar-refractivity contribution < 1.29 is 8.42 Å². The van der Waals surface area contributed by atoms with Crippen LogP contribution in [-0.2, 0) is 10.0 Å². The fraction of sp³-hybridized carbons (Fsp3) is 0.500. The van der Waals surface area contributed by atoms with E-state index in [9.17, 15) is 8.42 Å². The molecule has 0 bridgehead atoms. The van der Waals surface area contributed by atoms with Crippen molar-refractivity contribution in [1.82, 2.24) is 15.0 Å². The van der Waals surface area contributed by atoms with Crippen LogP contribution in [0.2, 0.25) is 5.02 Å². The highest BCUT2D eigenvalue weighted by Crippen LogP contribution is 2.17. The second-order valence-corrected chi connectivity index (χ2v) is 6.02. The Kier molecular flexibility index (Phi) is 3.98. The zero-order valence-electron chi connectivity index (χ0n) is 9.19. The maximum atomic E-state index is 11.9. The third kappa shape index (κ3) is 3.16. The molecule has 5 nitrogen and oxygen atoms in total. The van der Waals surface area contributed by atoms with E-state index in [1.807, 2.05) is 0 Å². The summed E-state index contributed by atoms with van der Waals surface area (Å²) in [5.74, 6) is 0. The van der Waals surface area contributed by atoms with E-state index in [4.69, 9.17) is 11.6 Å². The number of rotatable bonds is 4. The zero-order valence-corrected chi connectivity index (χ0v) is 10.8. The van der Waals surface area contributed by atoms with Crippen molar-refractivity contribution in [1.29, 1.82) is 0 Å². The van der Waals surface area contributed by atoms with E-state index in [1.165, 1.54) is 12.3 Å². The summed E-state index contributed by atoms with van der Waals surface area (Å²) in [4.78, 5) is 3.79. The molecule has 1 fully saturated rings. The number of sulfonamides is 1. The number of halogens is 1. The molecule has 94 valence electrons. The molecule has 0 unspecified atom stereocenters. The highest BCUT2D eigenvalue weighted by Gasteiger charge is 2.22. The molecule has 0 radical (unpaired) electrons. The Balaban J connectivity index is 2.06. The van der Waals surface area contributed by atoms with Crippen LogP contribution in [0.4, 0.5) is 0 Å². The van der Waals surface area contributed by atoms with Crippen molar-refractivity contribution in [3.05, 3.63) is 23.4 Å². The summed E-state index contributed by atoms with van der Waals surface area (Å²) in [5, 5.41) is 3.24. The first-order valence-electron chi connectivity index (χ1n) is 5.43. The molecule has 17 heavy (non-hydrogen) atoms. The van der Waals surface area contributed by atoms with Gasteiger partial charge >= 0.3 is 0 Å². The second kappa shape index (κ2) is 5.30. The summed E-state index contributed by atoms with van der Waals surface area (Å²) in [5.41, 5.74) is 0. The summed E-state index contributed by atoms with van der Waals surface area (Å²) in [6.45, 7) is 1.31. The molecule has 1 aliphatic rings. The van der Waals surface area contributed by atoms with Gasteiger partial charge in [-0.3, -0.25) is 0 Å². The van der Waals surface area contributed by atoms with Gasteiger partial charge in [0, 0.05) is 18.8 Å². The standard InChI is InChI=1S/C10H14ClN3O2S/c11-9-4-2-6-13-10(9)17(15,16)14-7-8-3-1-5-12-8/h2,4,6,8,12,14H,1,3,5,7H2/t8-/m1/s1. The van der Waals surface area contributed by atoms with E-state index in [0.29, 0.717) is 6.54 Å². The van der Waals surface area contributed by atoms with E-state index in [0.717, 1.165) is 19.4 Å². The van der Waals surface area contributed by atoms with Gasteiger partial charge in [0.1, 0.15) is 0 Å². The van der Waals surface area contributed by atoms with Gasteiger partial charge in [0.05, 0.1) is 5.02 Å². The molecule has 2 N–H and O–H groups in total.